The molecule has 8 heteroatoms. The minimum absolute atomic E-state index is 0.0755. The normalized spacial score (nSPS) is 15.5. The van der Waals surface area contributed by atoms with Gasteiger partial charge >= 0.3 is 6.18 Å². The van der Waals surface area contributed by atoms with E-state index in [9.17, 15) is 18.0 Å². The molecule has 2 aromatic carbocycles. The lowest BCUT2D eigenvalue weighted by Crippen LogP contribution is -2.44. The first-order chi connectivity index (χ1) is 15.9. The molecule has 1 N–H and O–H groups in total. The standard InChI is InChI=1S/C26H32F3N3OSi/c1-31-12-14-32(15-13-31)19-22-9-10-23(18-24(22)26(27,28)29)30-25(33)17-21-7-5-20(6-8-21)11-16-34(2,3)4/h5-10,18H,12-15,17,19H2,1-4H3,(H,30,33). The number of likely N-dealkylation sites (N-methyl/N-ethyl adjacent to an activating group) is 1. The van der Waals surface area contributed by atoms with Crippen molar-refractivity contribution in [2.45, 2.75) is 38.8 Å². The zero-order valence-electron chi connectivity index (χ0n) is 20.2. The molecular weight excluding hydrogens is 455 g/mol. The van der Waals surface area contributed by atoms with E-state index < -0.39 is 19.8 Å². The van der Waals surface area contributed by atoms with Gasteiger partial charge in [-0.25, -0.2) is 0 Å². The smallest absolute Gasteiger partial charge is 0.326 e. The van der Waals surface area contributed by atoms with Gasteiger partial charge in [0.15, 0.2) is 0 Å². The van der Waals surface area contributed by atoms with E-state index in [4.69, 9.17) is 0 Å². The van der Waals surface area contributed by atoms with E-state index >= 15 is 0 Å². The Hall–Kier alpha value is -2.60. The predicted molar refractivity (Wildman–Crippen MR) is 133 cm³/mol. The van der Waals surface area contributed by atoms with Crippen LogP contribution >= 0.6 is 0 Å². The molecule has 0 bridgehead atoms. The first-order valence-corrected chi connectivity index (χ1v) is 14.9. The van der Waals surface area contributed by atoms with E-state index in [1.165, 1.54) is 6.07 Å². The van der Waals surface area contributed by atoms with Crippen LogP contribution in [0, 0.1) is 11.5 Å². The van der Waals surface area contributed by atoms with Crippen molar-refractivity contribution in [1.82, 2.24) is 9.80 Å². The van der Waals surface area contributed by atoms with Gasteiger partial charge in [-0.05, 0) is 42.4 Å². The van der Waals surface area contributed by atoms with E-state index in [-0.39, 0.29) is 30.1 Å². The number of piperazine rings is 1. The topological polar surface area (TPSA) is 35.6 Å². The Balaban J connectivity index is 1.66. The predicted octanol–water partition coefficient (Wildman–Crippen LogP) is 4.86. The van der Waals surface area contributed by atoms with Gasteiger partial charge in [0.05, 0.1) is 12.0 Å². The van der Waals surface area contributed by atoms with Gasteiger partial charge in [0.2, 0.25) is 5.91 Å². The minimum atomic E-state index is -4.49. The van der Waals surface area contributed by atoms with Crippen LogP contribution in [0.4, 0.5) is 18.9 Å². The maximum atomic E-state index is 13.8. The molecule has 0 unspecified atom stereocenters. The Morgan fingerprint density at radius 1 is 1.03 bits per heavy atom. The quantitative estimate of drug-likeness (QED) is 0.483. The number of hydrogen-bond donors (Lipinski definition) is 1. The van der Waals surface area contributed by atoms with Crippen LogP contribution in [-0.2, 0) is 23.9 Å². The van der Waals surface area contributed by atoms with Crippen LogP contribution in [0.1, 0.15) is 22.3 Å². The third-order valence-electron chi connectivity index (χ3n) is 5.59. The van der Waals surface area contributed by atoms with Crippen molar-refractivity contribution in [1.29, 1.82) is 0 Å². The number of halogens is 3. The lowest BCUT2D eigenvalue weighted by atomic mass is 10.0. The summed E-state index contributed by atoms with van der Waals surface area (Å²) in [4.78, 5) is 16.7. The van der Waals surface area contributed by atoms with E-state index in [0.29, 0.717) is 0 Å². The highest BCUT2D eigenvalue weighted by atomic mass is 28.3. The summed E-state index contributed by atoms with van der Waals surface area (Å²) in [6.07, 6.45) is -4.42. The molecule has 4 nitrogen and oxygen atoms in total. The molecule has 1 heterocycles. The maximum Gasteiger partial charge on any atom is 0.416 e. The number of hydrogen-bond acceptors (Lipinski definition) is 3. The molecule has 0 atom stereocenters. The third kappa shape index (κ3) is 8.01. The van der Waals surface area contributed by atoms with Crippen LogP contribution in [0.2, 0.25) is 19.6 Å². The summed E-state index contributed by atoms with van der Waals surface area (Å²) in [6.45, 7) is 9.88. The lowest BCUT2D eigenvalue weighted by Gasteiger charge is -2.33. The van der Waals surface area contributed by atoms with Crippen LogP contribution in [-0.4, -0.2) is 57.0 Å². The van der Waals surface area contributed by atoms with Crippen LogP contribution in [0.25, 0.3) is 0 Å². The molecule has 1 amide bonds. The first kappa shape index (κ1) is 26.0. The van der Waals surface area contributed by atoms with Gasteiger partial charge in [0.1, 0.15) is 8.07 Å². The van der Waals surface area contributed by atoms with Gasteiger partial charge in [-0.2, -0.15) is 13.2 Å². The molecular formula is C26H32F3N3OSi. The second-order valence-corrected chi connectivity index (χ2v) is 14.6. The minimum Gasteiger partial charge on any atom is -0.326 e. The molecule has 0 aliphatic carbocycles. The van der Waals surface area contributed by atoms with Crippen molar-refractivity contribution >= 4 is 19.7 Å². The molecule has 182 valence electrons. The summed E-state index contributed by atoms with van der Waals surface area (Å²) in [7, 11) is 0.536. The number of anilines is 1. The summed E-state index contributed by atoms with van der Waals surface area (Å²) in [5.41, 5.74) is 4.63. The maximum absolute atomic E-state index is 13.8. The van der Waals surface area contributed by atoms with Crippen LogP contribution < -0.4 is 5.32 Å². The average Bonchev–Trinajstić information content (AvgIpc) is 2.74. The van der Waals surface area contributed by atoms with E-state index in [2.05, 4.69) is 41.3 Å². The molecule has 0 saturated carbocycles. The fourth-order valence-electron chi connectivity index (χ4n) is 3.66. The van der Waals surface area contributed by atoms with Gasteiger partial charge in [0.25, 0.3) is 0 Å². The highest BCUT2D eigenvalue weighted by molar-refractivity contribution is 6.83. The highest BCUT2D eigenvalue weighted by Gasteiger charge is 2.34. The zero-order chi connectivity index (χ0) is 24.9. The number of carbonyl (C=O) groups excluding carboxylic acids is 1. The Morgan fingerprint density at radius 2 is 1.68 bits per heavy atom. The van der Waals surface area contributed by atoms with Gasteiger partial charge in [0, 0.05) is 44.0 Å². The number of nitrogens with one attached hydrogen (secondary N) is 1. The second-order valence-electron chi connectivity index (χ2n) is 9.87. The van der Waals surface area contributed by atoms with Crippen molar-refractivity contribution in [2.75, 3.05) is 38.5 Å². The van der Waals surface area contributed by atoms with Gasteiger partial charge in [-0.1, -0.05) is 43.8 Å². The number of amides is 1. The summed E-state index contributed by atoms with van der Waals surface area (Å²) in [6, 6.07) is 11.5. The molecule has 3 rings (SSSR count). The fourth-order valence-corrected chi connectivity index (χ4v) is 4.18. The van der Waals surface area contributed by atoms with E-state index in [0.717, 1.165) is 43.4 Å². The molecule has 1 aliphatic heterocycles. The molecule has 1 saturated heterocycles. The Morgan fingerprint density at radius 3 is 2.26 bits per heavy atom. The molecule has 0 aromatic heterocycles. The summed E-state index contributed by atoms with van der Waals surface area (Å²) in [5.74, 6) is 2.80. The van der Waals surface area contributed by atoms with Crippen LogP contribution in [0.5, 0.6) is 0 Å². The number of nitrogens with zero attached hydrogens (tertiary/aromatic N) is 2. The third-order valence-corrected chi connectivity index (χ3v) is 6.46. The van der Waals surface area contributed by atoms with Crippen molar-refractivity contribution in [3.8, 4) is 11.5 Å². The second kappa shape index (κ2) is 10.8. The Labute approximate surface area is 201 Å². The molecule has 0 radical (unpaired) electrons. The number of alkyl halides is 3. The van der Waals surface area contributed by atoms with Crippen LogP contribution in [0.3, 0.4) is 0 Å². The summed E-state index contributed by atoms with van der Waals surface area (Å²) in [5, 5.41) is 2.62. The molecule has 2 aromatic rings. The first-order valence-electron chi connectivity index (χ1n) is 11.4. The lowest BCUT2D eigenvalue weighted by molar-refractivity contribution is -0.138. The molecule has 34 heavy (non-hydrogen) atoms. The van der Waals surface area contributed by atoms with Crippen LogP contribution in [0.15, 0.2) is 42.5 Å². The number of benzene rings is 2. The van der Waals surface area contributed by atoms with Gasteiger partial charge in [-0.3, -0.25) is 9.69 Å². The average molecular weight is 488 g/mol. The van der Waals surface area contributed by atoms with Crippen molar-refractivity contribution in [3.63, 3.8) is 0 Å². The molecule has 0 spiro atoms. The Kier molecular flexibility index (Phi) is 8.24. The zero-order valence-corrected chi connectivity index (χ0v) is 21.2. The van der Waals surface area contributed by atoms with Crippen molar-refractivity contribution in [3.05, 3.63) is 64.7 Å². The molecule has 1 fully saturated rings. The summed E-state index contributed by atoms with van der Waals surface area (Å²) < 4.78 is 41.3. The monoisotopic (exact) mass is 487 g/mol. The highest BCUT2D eigenvalue weighted by Crippen LogP contribution is 2.34. The summed E-state index contributed by atoms with van der Waals surface area (Å²) >= 11 is 0. The largest absolute Gasteiger partial charge is 0.416 e. The van der Waals surface area contributed by atoms with Crippen molar-refractivity contribution in [2.24, 2.45) is 0 Å². The SMILES string of the molecule is CN1CCN(Cc2ccc(NC(=O)Cc3ccc(C#C[Si](C)(C)C)cc3)cc2C(F)(F)F)CC1. The molecule has 1 aliphatic rings. The van der Waals surface area contributed by atoms with Gasteiger partial charge in [-0.15, -0.1) is 5.54 Å². The Bertz CT molecular complexity index is 1060. The fraction of sp³-hybridized carbons (Fsp3) is 0.423. The number of rotatable bonds is 5. The van der Waals surface area contributed by atoms with Gasteiger partial charge < -0.3 is 10.2 Å². The van der Waals surface area contributed by atoms with E-state index in [1.54, 1.807) is 6.07 Å². The van der Waals surface area contributed by atoms with E-state index in [1.807, 2.05) is 36.2 Å². The van der Waals surface area contributed by atoms with Crippen molar-refractivity contribution < 1.29 is 18.0 Å². The number of carbonyl (C=O) groups is 1.